The summed E-state index contributed by atoms with van der Waals surface area (Å²) < 4.78 is 11.7. The average Bonchev–Trinajstić information content (AvgIpc) is 3.16. The maximum atomic E-state index is 6.02. The third-order valence-electron chi connectivity index (χ3n) is 4.02. The van der Waals surface area contributed by atoms with E-state index >= 15 is 0 Å². The van der Waals surface area contributed by atoms with Gasteiger partial charge in [-0.1, -0.05) is 0 Å². The Morgan fingerprint density at radius 1 is 1.30 bits per heavy atom. The van der Waals surface area contributed by atoms with E-state index in [0.29, 0.717) is 0 Å². The number of aryl methyl sites for hydroxylation is 1. The first-order valence-corrected chi connectivity index (χ1v) is 8.85. The smallest absolute Gasteiger partial charge is 0.144 e. The maximum Gasteiger partial charge on any atom is 0.144 e. The standard InChI is InChI=1S/C17H19N3O2S/c1-11-6-8-21-7-2-3-12-10-23-17(18-12)16-14-9-13(22-11)4-5-15(14)19-20-16/h4-5,9-11H,2-3,6-8H2,1H3,(H,19,20)/t11-/m0/s1. The Bertz CT molecular complexity index is 811. The zero-order chi connectivity index (χ0) is 15.6. The Hall–Kier alpha value is -1.92. The van der Waals surface area contributed by atoms with Crippen molar-refractivity contribution in [1.82, 2.24) is 15.2 Å². The van der Waals surface area contributed by atoms with Crippen LogP contribution < -0.4 is 4.74 Å². The highest BCUT2D eigenvalue weighted by atomic mass is 32.1. The van der Waals surface area contributed by atoms with Gasteiger partial charge < -0.3 is 9.47 Å². The summed E-state index contributed by atoms with van der Waals surface area (Å²) in [6.07, 6.45) is 2.94. The molecule has 120 valence electrons. The van der Waals surface area contributed by atoms with Crippen LogP contribution in [-0.4, -0.2) is 34.5 Å². The molecule has 2 aromatic heterocycles. The van der Waals surface area contributed by atoms with Gasteiger partial charge >= 0.3 is 0 Å². The number of H-pyrrole nitrogens is 1. The number of aromatic amines is 1. The number of benzene rings is 1. The average molecular weight is 329 g/mol. The van der Waals surface area contributed by atoms with Crippen LogP contribution in [0.15, 0.2) is 23.6 Å². The minimum Gasteiger partial charge on any atom is -0.491 e. The molecular formula is C17H19N3O2S. The highest BCUT2D eigenvalue weighted by Crippen LogP contribution is 2.31. The lowest BCUT2D eigenvalue weighted by atomic mass is 10.2. The van der Waals surface area contributed by atoms with Crippen LogP contribution >= 0.6 is 11.3 Å². The van der Waals surface area contributed by atoms with Crippen LogP contribution in [0.25, 0.3) is 21.6 Å². The van der Waals surface area contributed by atoms with Gasteiger partial charge in [0.1, 0.15) is 16.5 Å². The van der Waals surface area contributed by atoms with Crippen molar-refractivity contribution in [2.24, 2.45) is 0 Å². The largest absolute Gasteiger partial charge is 0.491 e. The van der Waals surface area contributed by atoms with Gasteiger partial charge in [0.25, 0.3) is 0 Å². The molecule has 3 aromatic rings. The van der Waals surface area contributed by atoms with Crippen molar-refractivity contribution < 1.29 is 9.47 Å². The normalized spacial score (nSPS) is 19.3. The molecule has 0 amide bonds. The Morgan fingerprint density at radius 2 is 2.26 bits per heavy atom. The molecule has 0 saturated carbocycles. The Labute approximate surface area is 138 Å². The molecule has 1 aliphatic heterocycles. The third kappa shape index (κ3) is 3.09. The van der Waals surface area contributed by atoms with E-state index in [9.17, 15) is 0 Å². The van der Waals surface area contributed by atoms with E-state index in [2.05, 4.69) is 22.5 Å². The Kier molecular flexibility index (Phi) is 4.01. The molecule has 1 aromatic carbocycles. The minimum atomic E-state index is 0.124. The number of nitrogens with zero attached hydrogens (tertiary/aromatic N) is 2. The van der Waals surface area contributed by atoms with Gasteiger partial charge in [-0.3, -0.25) is 5.10 Å². The molecule has 1 N–H and O–H groups in total. The van der Waals surface area contributed by atoms with Gasteiger partial charge in [-0.05, 0) is 38.0 Å². The molecule has 4 bridgehead atoms. The van der Waals surface area contributed by atoms with Crippen LogP contribution in [0.1, 0.15) is 25.5 Å². The van der Waals surface area contributed by atoms with E-state index in [0.717, 1.165) is 65.5 Å². The van der Waals surface area contributed by atoms with Crippen molar-refractivity contribution in [1.29, 1.82) is 0 Å². The Balaban J connectivity index is 1.76. The predicted octanol–water partition coefficient (Wildman–Crippen LogP) is 3.81. The molecule has 6 heteroatoms. The van der Waals surface area contributed by atoms with Gasteiger partial charge in [0.2, 0.25) is 0 Å². The van der Waals surface area contributed by atoms with Crippen molar-refractivity contribution >= 4 is 22.2 Å². The molecule has 0 unspecified atom stereocenters. The van der Waals surface area contributed by atoms with Crippen LogP contribution in [0.2, 0.25) is 0 Å². The number of hydrogen-bond acceptors (Lipinski definition) is 5. The highest BCUT2D eigenvalue weighted by Gasteiger charge is 2.14. The molecule has 4 rings (SSSR count). The number of thiazole rings is 1. The summed E-state index contributed by atoms with van der Waals surface area (Å²) in [4.78, 5) is 4.73. The van der Waals surface area contributed by atoms with Crippen LogP contribution in [0.5, 0.6) is 5.75 Å². The third-order valence-corrected chi connectivity index (χ3v) is 4.91. The number of fused-ring (bicyclic) bond motifs is 4. The number of hydrogen-bond donors (Lipinski definition) is 1. The monoisotopic (exact) mass is 329 g/mol. The van der Waals surface area contributed by atoms with Crippen molar-refractivity contribution in [3.8, 4) is 16.5 Å². The fourth-order valence-electron chi connectivity index (χ4n) is 2.76. The maximum absolute atomic E-state index is 6.02. The molecule has 0 fully saturated rings. The molecular weight excluding hydrogens is 310 g/mol. The topological polar surface area (TPSA) is 60.0 Å². The molecule has 1 aliphatic rings. The number of rotatable bonds is 0. The lowest BCUT2D eigenvalue weighted by Crippen LogP contribution is -2.15. The predicted molar refractivity (Wildman–Crippen MR) is 91.0 cm³/mol. The summed E-state index contributed by atoms with van der Waals surface area (Å²) in [6.45, 7) is 3.57. The summed E-state index contributed by atoms with van der Waals surface area (Å²) in [5, 5.41) is 11.7. The SMILES string of the molecule is C[C@H]1CCOCCCc2csc(n2)-c2n[nH]c3ccc(cc23)O1. The summed E-state index contributed by atoms with van der Waals surface area (Å²) >= 11 is 1.64. The molecule has 0 aliphatic carbocycles. The zero-order valence-corrected chi connectivity index (χ0v) is 13.9. The molecule has 5 nitrogen and oxygen atoms in total. The fourth-order valence-corrected chi connectivity index (χ4v) is 3.61. The second-order valence-electron chi connectivity index (χ2n) is 5.86. The second-order valence-corrected chi connectivity index (χ2v) is 6.71. The van der Waals surface area contributed by atoms with Crippen molar-refractivity contribution in [3.63, 3.8) is 0 Å². The lowest BCUT2D eigenvalue weighted by Gasteiger charge is -2.15. The van der Waals surface area contributed by atoms with Gasteiger partial charge in [0, 0.05) is 23.8 Å². The summed E-state index contributed by atoms with van der Waals surface area (Å²) in [5.74, 6) is 0.860. The first-order valence-electron chi connectivity index (χ1n) is 7.97. The van der Waals surface area contributed by atoms with E-state index in [1.807, 2.05) is 18.2 Å². The number of ether oxygens (including phenoxy) is 2. The van der Waals surface area contributed by atoms with Gasteiger partial charge in [-0.15, -0.1) is 11.3 Å². The van der Waals surface area contributed by atoms with Crippen LogP contribution in [0.4, 0.5) is 0 Å². The van der Waals surface area contributed by atoms with E-state index in [1.165, 1.54) is 0 Å². The minimum absolute atomic E-state index is 0.124. The highest BCUT2D eigenvalue weighted by molar-refractivity contribution is 7.13. The quantitative estimate of drug-likeness (QED) is 0.681. The van der Waals surface area contributed by atoms with Crippen molar-refractivity contribution in [2.75, 3.05) is 13.2 Å². The zero-order valence-electron chi connectivity index (χ0n) is 13.0. The molecule has 0 saturated heterocycles. The summed E-state index contributed by atoms with van der Waals surface area (Å²) in [5.41, 5.74) is 3.02. The molecule has 0 spiro atoms. The summed E-state index contributed by atoms with van der Waals surface area (Å²) in [7, 11) is 0. The molecule has 0 radical (unpaired) electrons. The van der Waals surface area contributed by atoms with Crippen LogP contribution in [0.3, 0.4) is 0 Å². The second kappa shape index (κ2) is 6.29. The van der Waals surface area contributed by atoms with Gasteiger partial charge in [0.15, 0.2) is 0 Å². The molecule has 3 heterocycles. The fraction of sp³-hybridized carbons (Fsp3) is 0.412. The Morgan fingerprint density at radius 3 is 3.22 bits per heavy atom. The number of aromatic nitrogens is 3. The summed E-state index contributed by atoms with van der Waals surface area (Å²) in [6, 6.07) is 6.04. The van der Waals surface area contributed by atoms with E-state index in [4.69, 9.17) is 14.5 Å². The molecule has 23 heavy (non-hydrogen) atoms. The molecule has 1 atom stereocenters. The first kappa shape index (κ1) is 14.7. The van der Waals surface area contributed by atoms with E-state index in [-0.39, 0.29) is 6.10 Å². The van der Waals surface area contributed by atoms with Crippen LogP contribution in [-0.2, 0) is 11.2 Å². The number of nitrogens with one attached hydrogen (secondary N) is 1. The van der Waals surface area contributed by atoms with Gasteiger partial charge in [-0.25, -0.2) is 4.98 Å². The van der Waals surface area contributed by atoms with Gasteiger partial charge in [-0.2, -0.15) is 5.10 Å². The first-order chi connectivity index (χ1) is 11.3. The van der Waals surface area contributed by atoms with Crippen molar-refractivity contribution in [3.05, 3.63) is 29.3 Å². The van der Waals surface area contributed by atoms with E-state index in [1.54, 1.807) is 11.3 Å². The van der Waals surface area contributed by atoms with Crippen LogP contribution in [0, 0.1) is 0 Å². The van der Waals surface area contributed by atoms with E-state index < -0.39 is 0 Å². The lowest BCUT2D eigenvalue weighted by molar-refractivity contribution is 0.0964. The van der Waals surface area contributed by atoms with Crippen molar-refractivity contribution in [2.45, 2.75) is 32.3 Å². The van der Waals surface area contributed by atoms with Gasteiger partial charge in [0.05, 0.1) is 23.9 Å².